The summed E-state index contributed by atoms with van der Waals surface area (Å²) >= 11 is 0. The Kier molecular flexibility index (Phi) is 6.47. The van der Waals surface area contributed by atoms with Gasteiger partial charge in [0.15, 0.2) is 18.3 Å². The van der Waals surface area contributed by atoms with Crippen LogP contribution in [-0.2, 0) is 42.9 Å². The summed E-state index contributed by atoms with van der Waals surface area (Å²) in [6.45, 7) is -5.06. The molecule has 4 atom stereocenters. The molecule has 0 aromatic carbocycles. The van der Waals surface area contributed by atoms with Gasteiger partial charge >= 0.3 is 29.8 Å². The van der Waals surface area contributed by atoms with E-state index in [9.17, 15) is 34.2 Å². The summed E-state index contributed by atoms with van der Waals surface area (Å²) in [5, 5.41) is 18.8. The minimum absolute atomic E-state index is 0.928. The van der Waals surface area contributed by atoms with Gasteiger partial charge in [-0.05, 0) is 0 Å². The maximum Gasteiger partial charge on any atom is 0.349 e. The van der Waals surface area contributed by atoms with Crippen LogP contribution in [0.25, 0.3) is 0 Å². The predicted molar refractivity (Wildman–Crippen MR) is 76.9 cm³/mol. The minimum atomic E-state index is -2.38. The van der Waals surface area contributed by atoms with Crippen molar-refractivity contribution in [3.8, 4) is 0 Å². The van der Waals surface area contributed by atoms with Crippen LogP contribution in [0.15, 0.2) is 0 Å². The molecule has 0 saturated carbocycles. The van der Waals surface area contributed by atoms with Crippen molar-refractivity contribution in [1.29, 1.82) is 0 Å². The van der Waals surface area contributed by atoms with Crippen molar-refractivity contribution in [2.24, 2.45) is 0 Å². The fourth-order valence-corrected chi connectivity index (χ4v) is 1.74. The van der Waals surface area contributed by atoms with E-state index < -0.39 is 88.5 Å². The normalized spacial score (nSPS) is 17.2. The molecule has 0 bridgehead atoms. The highest BCUT2D eigenvalue weighted by molar-refractivity contribution is 5.78. The smallest absolute Gasteiger partial charge is 0.349 e. The quantitative estimate of drug-likeness (QED) is 0.371. The summed E-state index contributed by atoms with van der Waals surface area (Å²) in [4.78, 5) is 57.6. The molecule has 0 aliphatic heterocycles. The van der Waals surface area contributed by atoms with E-state index in [1.165, 1.54) is 0 Å². The Morgan fingerprint density at radius 2 is 1.24 bits per heavy atom. The largest absolute Gasteiger partial charge is 0.478 e. The van der Waals surface area contributed by atoms with Crippen molar-refractivity contribution in [2.75, 3.05) is 6.61 Å². The number of carboxylic acid groups (broad SMARTS) is 1. The first-order valence-electron chi connectivity index (χ1n) is 9.26. The molecule has 0 aliphatic carbocycles. The molecule has 0 radical (unpaired) electrons. The zero-order valence-electron chi connectivity index (χ0n) is 16.9. The molecule has 25 heavy (non-hydrogen) atoms. The first-order chi connectivity index (χ1) is 13.6. The van der Waals surface area contributed by atoms with Gasteiger partial charge in [-0.2, -0.15) is 0 Å². The van der Waals surface area contributed by atoms with Crippen LogP contribution in [0.5, 0.6) is 0 Å². The van der Waals surface area contributed by atoms with E-state index in [0.29, 0.717) is 0 Å². The van der Waals surface area contributed by atoms with Gasteiger partial charge in [0.1, 0.15) is 0 Å². The zero-order chi connectivity index (χ0) is 22.6. The van der Waals surface area contributed by atoms with Gasteiger partial charge in [0.2, 0.25) is 6.10 Å². The Labute approximate surface area is 148 Å². The van der Waals surface area contributed by atoms with Crippen molar-refractivity contribution in [1.82, 2.24) is 0 Å². The Bertz CT molecular complexity index is 600. The highest BCUT2D eigenvalue weighted by Crippen LogP contribution is 2.19. The van der Waals surface area contributed by atoms with E-state index >= 15 is 0 Å². The molecule has 0 saturated heterocycles. The monoisotopic (exact) mass is 368 g/mol. The van der Waals surface area contributed by atoms with Crippen molar-refractivity contribution in [3.05, 3.63) is 0 Å². The summed E-state index contributed by atoms with van der Waals surface area (Å²) in [6.07, 6.45) is -8.55. The molecule has 11 heteroatoms. The standard InChI is InChI=1S/C14H20O11/c1-6(16)22-10(5-15)11(23-7(2)17)12(24-8(3)18)13(14(20)21)25-9(4)19/h10-13,15H,5H2,1-4H3,(H,20,21)/t10-,11-,12+,13+/m1/s1/i1D,2D,3D,4D. The number of esters is 4. The molecule has 0 rings (SSSR count). The number of carbonyl (C=O) groups excluding carboxylic acids is 4. The lowest BCUT2D eigenvalue weighted by molar-refractivity contribution is -0.205. The van der Waals surface area contributed by atoms with Crippen LogP contribution >= 0.6 is 0 Å². The number of hydrogen-bond acceptors (Lipinski definition) is 10. The SMILES string of the molecule is [2H]CC(=O)O[C@@H]([C@H](OC(=O)C[2H])[C@@H](CO)OC(=O)C[2H])[C@H](OC(=O)C[2H])C(=O)O. The summed E-state index contributed by atoms with van der Waals surface area (Å²) in [7, 11) is 0. The maximum absolute atomic E-state index is 11.6. The molecule has 2 N–H and O–H groups in total. The lowest BCUT2D eigenvalue weighted by Gasteiger charge is -2.33. The fourth-order valence-electron chi connectivity index (χ4n) is 1.74. The Balaban J connectivity index is 6.22. The predicted octanol–water partition coefficient (Wildman–Crippen LogP) is -1.21. The topological polar surface area (TPSA) is 163 Å². The third kappa shape index (κ3) is 8.11. The van der Waals surface area contributed by atoms with Crippen LogP contribution in [-0.4, -0.2) is 71.1 Å². The van der Waals surface area contributed by atoms with Crippen LogP contribution in [0.2, 0.25) is 0 Å². The number of aliphatic carboxylic acids is 1. The second kappa shape index (κ2) is 10.2. The molecule has 0 aromatic heterocycles. The van der Waals surface area contributed by atoms with Crippen LogP contribution in [0.4, 0.5) is 0 Å². The van der Waals surface area contributed by atoms with Gasteiger partial charge in [-0.3, -0.25) is 19.2 Å². The summed E-state index contributed by atoms with van der Waals surface area (Å²) in [6, 6.07) is 0. The highest BCUT2D eigenvalue weighted by Gasteiger charge is 2.46. The van der Waals surface area contributed by atoms with E-state index in [-0.39, 0.29) is 0 Å². The Hall–Kier alpha value is -2.69. The number of hydrogen-bond donors (Lipinski definition) is 2. The van der Waals surface area contributed by atoms with E-state index in [1.54, 1.807) is 0 Å². The third-order valence-electron chi connectivity index (χ3n) is 2.49. The molecule has 0 aromatic rings. The molecule has 11 nitrogen and oxygen atoms in total. The van der Waals surface area contributed by atoms with Crippen molar-refractivity contribution < 1.29 is 58.6 Å². The molecular formula is C14H20O11. The number of aliphatic hydroxyl groups is 1. The molecule has 0 aliphatic rings. The molecule has 0 heterocycles. The van der Waals surface area contributed by atoms with Gasteiger partial charge < -0.3 is 29.2 Å². The third-order valence-corrected chi connectivity index (χ3v) is 2.49. The molecule has 0 amide bonds. The number of aliphatic hydroxyl groups excluding tert-OH is 1. The maximum atomic E-state index is 11.6. The van der Waals surface area contributed by atoms with Gasteiger partial charge in [-0.15, -0.1) is 0 Å². The lowest BCUT2D eigenvalue weighted by Crippen LogP contribution is -2.54. The van der Waals surface area contributed by atoms with Crippen molar-refractivity contribution in [2.45, 2.75) is 52.0 Å². The van der Waals surface area contributed by atoms with Gasteiger partial charge in [-0.25, -0.2) is 4.79 Å². The van der Waals surface area contributed by atoms with Crippen molar-refractivity contribution >= 4 is 29.8 Å². The fraction of sp³-hybridized carbons (Fsp3) is 0.643. The molecule has 0 fully saturated rings. The number of rotatable bonds is 9. The van der Waals surface area contributed by atoms with E-state index in [0.717, 1.165) is 0 Å². The average Bonchev–Trinajstić information content (AvgIpc) is 2.71. The van der Waals surface area contributed by atoms with Gasteiger partial charge in [0.05, 0.1) is 6.61 Å². The number of carbonyl (C=O) groups is 5. The first-order valence-corrected chi connectivity index (χ1v) is 6.43. The van der Waals surface area contributed by atoms with Crippen LogP contribution in [0.1, 0.15) is 33.1 Å². The number of carboxylic acids is 1. The van der Waals surface area contributed by atoms with Crippen LogP contribution in [0, 0.1) is 0 Å². The summed E-state index contributed by atoms with van der Waals surface area (Å²) in [5.41, 5.74) is 0. The lowest BCUT2D eigenvalue weighted by atomic mass is 10.0. The molecule has 142 valence electrons. The van der Waals surface area contributed by atoms with E-state index in [1.807, 2.05) is 0 Å². The van der Waals surface area contributed by atoms with Gasteiger partial charge in [0, 0.05) is 33.1 Å². The van der Waals surface area contributed by atoms with Crippen LogP contribution < -0.4 is 0 Å². The first kappa shape index (κ1) is 15.8. The van der Waals surface area contributed by atoms with E-state index in [2.05, 4.69) is 4.74 Å². The summed E-state index contributed by atoms with van der Waals surface area (Å²) in [5.74, 6) is -7.16. The zero-order valence-corrected chi connectivity index (χ0v) is 12.9. The average molecular weight is 368 g/mol. The van der Waals surface area contributed by atoms with Crippen LogP contribution in [0.3, 0.4) is 0 Å². The van der Waals surface area contributed by atoms with Crippen molar-refractivity contribution in [3.63, 3.8) is 0 Å². The van der Waals surface area contributed by atoms with Gasteiger partial charge in [-0.1, -0.05) is 0 Å². The molecule has 0 unspecified atom stereocenters. The second-order valence-electron chi connectivity index (χ2n) is 4.37. The minimum Gasteiger partial charge on any atom is -0.478 e. The second-order valence-corrected chi connectivity index (χ2v) is 4.37. The number of ether oxygens (including phenoxy) is 4. The molecule has 0 spiro atoms. The Morgan fingerprint density at radius 1 is 0.800 bits per heavy atom. The molecular weight excluding hydrogens is 344 g/mol. The van der Waals surface area contributed by atoms with Gasteiger partial charge in [0.25, 0.3) is 0 Å². The summed E-state index contributed by atoms with van der Waals surface area (Å²) < 4.78 is 46.6. The van der Waals surface area contributed by atoms with E-state index in [4.69, 9.17) is 19.7 Å². The highest BCUT2D eigenvalue weighted by atomic mass is 16.6. The Morgan fingerprint density at radius 3 is 1.68 bits per heavy atom.